The van der Waals surface area contributed by atoms with Crippen molar-refractivity contribution < 1.29 is 73.4 Å². The van der Waals surface area contributed by atoms with Crippen molar-refractivity contribution in [3.05, 3.63) is 52.1 Å². The van der Waals surface area contributed by atoms with E-state index in [0.29, 0.717) is 16.5 Å². The molecule has 4 aromatic rings. The van der Waals surface area contributed by atoms with Crippen LogP contribution in [0.2, 0.25) is 0 Å². The number of nitrogens with zero attached hydrogens (tertiary/aromatic N) is 5. The number of carboxylic acid groups (broad SMARTS) is 1. The van der Waals surface area contributed by atoms with Crippen LogP contribution < -0.4 is 31.5 Å². The summed E-state index contributed by atoms with van der Waals surface area (Å²) in [6, 6.07) is -3.90. The molecule has 3 aliphatic rings. The van der Waals surface area contributed by atoms with Crippen LogP contribution in [-0.4, -0.2) is 177 Å². The second-order valence-electron chi connectivity index (χ2n) is 18.1. The zero-order valence-electron chi connectivity index (χ0n) is 38.4. The van der Waals surface area contributed by atoms with Gasteiger partial charge in [-0.25, -0.2) is 9.42 Å². The van der Waals surface area contributed by atoms with Gasteiger partial charge in [-0.15, -0.1) is 11.8 Å². The minimum Gasteiger partial charge on any atom is -0.479 e. The Balaban J connectivity index is 1.48. The average molecular weight is 1010 g/mol. The number of benzene rings is 2. The first-order valence-electron chi connectivity index (χ1n) is 22.2. The molecule has 5 heterocycles. The van der Waals surface area contributed by atoms with E-state index in [4.69, 9.17) is 4.63 Å². The number of hydrogen-bond donors (Lipinski definition) is 11. The largest absolute Gasteiger partial charge is 0.479 e. The molecule has 380 valence electrons. The van der Waals surface area contributed by atoms with Crippen LogP contribution in [0.15, 0.2) is 46.1 Å². The first-order chi connectivity index (χ1) is 33.5. The predicted molar refractivity (Wildman–Crippen MR) is 245 cm³/mol. The van der Waals surface area contributed by atoms with E-state index in [9.17, 15) is 64.4 Å². The van der Waals surface area contributed by atoms with Gasteiger partial charge in [0.05, 0.1) is 33.9 Å². The number of non-ortho nitro benzene ring substituents is 1. The first-order valence-corrected chi connectivity index (χ1v) is 23.2. The quantitative estimate of drug-likeness (QED) is 0.0633. The van der Waals surface area contributed by atoms with Crippen molar-refractivity contribution in [2.45, 2.75) is 112 Å². The number of anilines is 1. The molecule has 0 saturated carbocycles. The number of rotatable bonds is 8. The van der Waals surface area contributed by atoms with Gasteiger partial charge < -0.3 is 62.0 Å². The van der Waals surface area contributed by atoms with Gasteiger partial charge in [0, 0.05) is 48.5 Å². The van der Waals surface area contributed by atoms with E-state index in [0.717, 1.165) is 40.6 Å². The Bertz CT molecular complexity index is 2800. The van der Waals surface area contributed by atoms with Crippen LogP contribution in [0.4, 0.5) is 11.4 Å². The number of hydrogen-bond acceptors (Lipinski definition) is 18. The van der Waals surface area contributed by atoms with Gasteiger partial charge in [-0.05, 0) is 47.8 Å². The number of carboxylic acids is 1. The highest BCUT2D eigenvalue weighted by Gasteiger charge is 2.48. The van der Waals surface area contributed by atoms with Gasteiger partial charge in [0.15, 0.2) is 11.6 Å². The Kier molecular flexibility index (Phi) is 15.0. The number of fused-ring (bicyclic) bond motifs is 6. The van der Waals surface area contributed by atoms with Gasteiger partial charge in [-0.1, -0.05) is 32.0 Å². The first kappa shape index (κ1) is 51.6. The molecule has 1 saturated heterocycles. The molecule has 11 N–H and O–H groups in total. The maximum atomic E-state index is 15.2. The SMILES string of the molecule is CC(C)[C@@H]1NC(=O)[C@H](CC(C)(O)CO)NC(=O)[C@@H]2Cc3c([nH]c4ccccc34)SC[C@H](NC(=O)[C@@H]([C@H](O)C(=O)O)NC1=O)C(=O)N1C[C@@H](O)C[C@H]1C(=O)N(c1ccc([N+](=O)[O-])c3nonc13)[C@@H](C)C(=O)N2. The van der Waals surface area contributed by atoms with Crippen molar-refractivity contribution in [1.82, 2.24) is 46.8 Å². The fourth-order valence-electron chi connectivity index (χ4n) is 8.73. The normalized spacial score (nSPS) is 26.7. The number of aromatic nitrogens is 3. The van der Waals surface area contributed by atoms with Crippen molar-refractivity contribution in [1.29, 1.82) is 0 Å². The lowest BCUT2D eigenvalue weighted by Gasteiger charge is -2.35. The van der Waals surface area contributed by atoms with Crippen molar-refractivity contribution in [2.75, 3.05) is 23.8 Å². The molecule has 0 radical (unpaired) electrons. The zero-order valence-corrected chi connectivity index (χ0v) is 39.2. The van der Waals surface area contributed by atoms with Gasteiger partial charge in [-0.2, -0.15) is 0 Å². The van der Waals surface area contributed by atoms with E-state index in [1.54, 1.807) is 24.3 Å². The number of nitro benzene ring substituents is 1. The number of aliphatic hydroxyl groups excluding tert-OH is 3. The molecule has 71 heavy (non-hydrogen) atoms. The molecule has 7 amide bonds. The van der Waals surface area contributed by atoms with Gasteiger partial charge >= 0.3 is 11.7 Å². The number of amides is 7. The molecule has 2 aromatic carbocycles. The van der Waals surface area contributed by atoms with Gasteiger partial charge in [0.2, 0.25) is 41.0 Å². The lowest BCUT2D eigenvalue weighted by Crippen LogP contribution is -2.64. The van der Waals surface area contributed by atoms with E-state index >= 15 is 9.59 Å². The minimum atomic E-state index is -2.67. The number of para-hydroxylation sites is 1. The number of H-pyrrole nitrogens is 1. The lowest BCUT2D eigenvalue weighted by molar-refractivity contribution is -0.383. The highest BCUT2D eigenvalue weighted by atomic mass is 32.2. The number of aliphatic carboxylic acids is 1. The molecule has 0 spiro atoms. The standard InChI is InChI=1S/C43H51N11O16S/c1-17(2)29-37(61)49-32(33(57)42(65)66)38(62)46-25-15-71-39-21(20-7-5-6-8-22(20)47-39)12-23(35(59)45-24(36(60)48-29)13-43(4,67)16-55)44-34(58)18(3)53(41(64)28-11-19(56)14-52(28)40(25)63)26-9-10-27(54(68)69)31-30(26)50-70-51-31/h5-10,17-19,23-25,28-29,32-33,47,55-57,67H,11-16H2,1-4H3,(H,44,58)(H,45,59)(H,46,62)(H,48,60)(H,49,61)(H,65,66)/t18-,19-,23-,24-,25-,28-,29-,32+,33-,43?/m0/s1. The molecule has 28 heteroatoms. The summed E-state index contributed by atoms with van der Waals surface area (Å²) in [4.78, 5) is 131. The topological polar surface area (TPSA) is 402 Å². The molecule has 2 bridgehead atoms. The summed E-state index contributed by atoms with van der Waals surface area (Å²) in [6.45, 7) is 3.82. The van der Waals surface area contributed by atoms with Crippen LogP contribution in [-0.2, 0) is 44.8 Å². The van der Waals surface area contributed by atoms with Gasteiger partial charge in [-0.3, -0.25) is 48.6 Å². The summed E-state index contributed by atoms with van der Waals surface area (Å²) in [5.41, 5.74) is -2.98. The van der Waals surface area contributed by atoms with E-state index < -0.39 is 168 Å². The van der Waals surface area contributed by atoms with Crippen LogP contribution in [0, 0.1) is 16.0 Å². The molecule has 7 rings (SSSR count). The fraction of sp³-hybridized carbons (Fsp3) is 0.488. The Hall–Kier alpha value is -7.27. The Labute approximate surface area is 405 Å². The molecule has 10 atom stereocenters. The second kappa shape index (κ2) is 20.6. The number of thioether (sulfide) groups is 1. The Morgan fingerprint density at radius 3 is 2.25 bits per heavy atom. The van der Waals surface area contributed by atoms with Crippen LogP contribution in [0.5, 0.6) is 0 Å². The maximum Gasteiger partial charge on any atom is 0.335 e. The summed E-state index contributed by atoms with van der Waals surface area (Å²) in [5, 5.41) is 85.6. The van der Waals surface area contributed by atoms with Crippen LogP contribution in [0.1, 0.15) is 46.1 Å². The van der Waals surface area contributed by atoms with E-state index in [1.165, 1.54) is 20.8 Å². The molecular weight excluding hydrogens is 959 g/mol. The van der Waals surface area contributed by atoms with Crippen LogP contribution >= 0.6 is 11.8 Å². The molecule has 1 fully saturated rings. The summed E-state index contributed by atoms with van der Waals surface area (Å²) in [7, 11) is 0. The molecular formula is C43H51N11O16S. The molecule has 0 aliphatic carbocycles. The Morgan fingerprint density at radius 2 is 1.58 bits per heavy atom. The van der Waals surface area contributed by atoms with E-state index in [2.05, 4.69) is 41.9 Å². The molecule has 2 aromatic heterocycles. The monoisotopic (exact) mass is 1010 g/mol. The fourth-order valence-corrected chi connectivity index (χ4v) is 9.84. The number of aliphatic hydroxyl groups is 4. The maximum absolute atomic E-state index is 15.2. The summed E-state index contributed by atoms with van der Waals surface area (Å²) < 4.78 is 4.85. The smallest absolute Gasteiger partial charge is 0.335 e. The Morgan fingerprint density at radius 1 is 0.915 bits per heavy atom. The van der Waals surface area contributed by atoms with Crippen molar-refractivity contribution in [2.24, 2.45) is 5.92 Å². The number of nitrogens with one attached hydrogen (secondary N) is 6. The number of nitro groups is 1. The second-order valence-corrected chi connectivity index (χ2v) is 19.2. The number of aromatic amines is 1. The highest BCUT2D eigenvalue weighted by molar-refractivity contribution is 7.99. The van der Waals surface area contributed by atoms with Crippen molar-refractivity contribution >= 4 is 92.4 Å². The summed E-state index contributed by atoms with van der Waals surface area (Å²) >= 11 is 0.906. The van der Waals surface area contributed by atoms with Crippen molar-refractivity contribution in [3.63, 3.8) is 0 Å². The van der Waals surface area contributed by atoms with Gasteiger partial charge in [0.1, 0.15) is 42.3 Å². The summed E-state index contributed by atoms with van der Waals surface area (Å²) in [5.74, 6) is -11.3. The van der Waals surface area contributed by atoms with Crippen LogP contribution in [0.25, 0.3) is 21.9 Å². The van der Waals surface area contributed by atoms with Gasteiger partial charge in [0.25, 0.3) is 5.91 Å². The predicted octanol–water partition coefficient (Wildman–Crippen LogP) is -2.68. The minimum absolute atomic E-state index is 0.268. The summed E-state index contributed by atoms with van der Waals surface area (Å²) in [6.07, 6.45) is -5.66. The third-order valence-corrected chi connectivity index (χ3v) is 13.7. The zero-order chi connectivity index (χ0) is 51.8. The average Bonchev–Trinajstić information content (AvgIpc) is 4.06. The van der Waals surface area contributed by atoms with Crippen molar-refractivity contribution in [3.8, 4) is 0 Å². The van der Waals surface area contributed by atoms with Crippen LogP contribution in [0.3, 0.4) is 0 Å². The molecule has 1 unspecified atom stereocenters. The molecule has 3 aliphatic heterocycles. The van der Waals surface area contributed by atoms with E-state index in [1.807, 2.05) is 0 Å². The third kappa shape index (κ3) is 10.6. The number of carbonyl (C=O) groups is 8. The highest BCUT2D eigenvalue weighted by Crippen LogP contribution is 2.36. The lowest BCUT2D eigenvalue weighted by atomic mass is 9.95. The molecule has 27 nitrogen and oxygen atoms in total. The van der Waals surface area contributed by atoms with E-state index in [-0.39, 0.29) is 16.2 Å². The third-order valence-electron chi connectivity index (χ3n) is 12.5. The number of carbonyl (C=O) groups excluding carboxylic acids is 7.